The van der Waals surface area contributed by atoms with Gasteiger partial charge in [-0.05, 0) is 45.0 Å². The molecule has 104 valence electrons. The van der Waals surface area contributed by atoms with E-state index in [1.165, 1.54) is 25.9 Å². The number of phenols is 1. The number of hydrogen-bond donors (Lipinski definition) is 2. The minimum Gasteiger partial charge on any atom is -0.508 e. The number of para-hydroxylation sites is 1. The number of phenolic OH excluding ortho intramolecular Hbond substituents is 1. The van der Waals surface area contributed by atoms with Crippen LogP contribution in [0.25, 0.3) is 0 Å². The van der Waals surface area contributed by atoms with E-state index in [1.807, 2.05) is 6.07 Å². The average molecular weight is 262 g/mol. The Morgan fingerprint density at radius 1 is 1.26 bits per heavy atom. The maximum absolute atomic E-state index is 11.7. The van der Waals surface area contributed by atoms with Gasteiger partial charge in [-0.3, -0.25) is 4.79 Å². The minimum absolute atomic E-state index is 0.0251. The second-order valence-corrected chi connectivity index (χ2v) is 5.06. The first-order valence-electron chi connectivity index (χ1n) is 7.01. The molecule has 2 rings (SSSR count). The molecule has 1 aromatic rings. The van der Waals surface area contributed by atoms with E-state index in [-0.39, 0.29) is 18.1 Å². The zero-order chi connectivity index (χ0) is 13.5. The van der Waals surface area contributed by atoms with Gasteiger partial charge < -0.3 is 15.3 Å². The number of benzene rings is 1. The third-order valence-corrected chi connectivity index (χ3v) is 3.51. The predicted molar refractivity (Wildman–Crippen MR) is 75.1 cm³/mol. The van der Waals surface area contributed by atoms with Crippen LogP contribution in [0.2, 0.25) is 0 Å². The molecule has 0 saturated carbocycles. The van der Waals surface area contributed by atoms with E-state index >= 15 is 0 Å². The van der Waals surface area contributed by atoms with Gasteiger partial charge in [0.05, 0.1) is 6.42 Å². The highest BCUT2D eigenvalue weighted by atomic mass is 16.3. The molecule has 1 saturated heterocycles. The number of likely N-dealkylation sites (tertiary alicyclic amines) is 1. The lowest BCUT2D eigenvalue weighted by Gasteiger charge is -2.14. The summed E-state index contributed by atoms with van der Waals surface area (Å²) in [6, 6.07) is 6.97. The quantitative estimate of drug-likeness (QED) is 0.765. The molecule has 1 aliphatic rings. The van der Waals surface area contributed by atoms with Crippen molar-refractivity contribution in [2.45, 2.75) is 25.7 Å². The third kappa shape index (κ3) is 4.56. The molecule has 19 heavy (non-hydrogen) atoms. The molecule has 4 heteroatoms. The summed E-state index contributed by atoms with van der Waals surface area (Å²) in [5, 5.41) is 12.5. The molecule has 0 spiro atoms. The Balaban J connectivity index is 1.63. The van der Waals surface area contributed by atoms with Gasteiger partial charge in [0.15, 0.2) is 0 Å². The number of nitrogens with one attached hydrogen (secondary N) is 1. The van der Waals surface area contributed by atoms with Crippen molar-refractivity contribution in [3.63, 3.8) is 0 Å². The van der Waals surface area contributed by atoms with Crippen molar-refractivity contribution in [3.05, 3.63) is 29.8 Å². The number of rotatable bonds is 6. The molecule has 4 nitrogen and oxygen atoms in total. The summed E-state index contributed by atoms with van der Waals surface area (Å²) >= 11 is 0. The highest BCUT2D eigenvalue weighted by Crippen LogP contribution is 2.15. The van der Waals surface area contributed by atoms with Gasteiger partial charge in [0.1, 0.15) is 5.75 Å². The lowest BCUT2D eigenvalue weighted by Crippen LogP contribution is -2.29. The number of nitrogens with zero attached hydrogens (tertiary/aromatic N) is 1. The average Bonchev–Trinajstić information content (AvgIpc) is 2.91. The van der Waals surface area contributed by atoms with Crippen LogP contribution in [-0.2, 0) is 11.2 Å². The van der Waals surface area contributed by atoms with Crippen molar-refractivity contribution >= 4 is 5.91 Å². The summed E-state index contributed by atoms with van der Waals surface area (Å²) in [4.78, 5) is 14.2. The normalized spacial score (nSPS) is 15.6. The summed E-state index contributed by atoms with van der Waals surface area (Å²) < 4.78 is 0. The van der Waals surface area contributed by atoms with Crippen LogP contribution in [0.3, 0.4) is 0 Å². The van der Waals surface area contributed by atoms with Crippen LogP contribution in [0.15, 0.2) is 24.3 Å². The summed E-state index contributed by atoms with van der Waals surface area (Å²) in [6.07, 6.45) is 3.85. The molecule has 0 bridgehead atoms. The number of amides is 1. The fourth-order valence-corrected chi connectivity index (χ4v) is 2.43. The summed E-state index contributed by atoms with van der Waals surface area (Å²) in [5.41, 5.74) is 0.680. The molecule has 0 radical (unpaired) electrons. The molecule has 0 unspecified atom stereocenters. The van der Waals surface area contributed by atoms with Crippen molar-refractivity contribution in [2.24, 2.45) is 0 Å². The maximum atomic E-state index is 11.7. The van der Waals surface area contributed by atoms with Gasteiger partial charge in [0.2, 0.25) is 5.91 Å². The molecule has 1 heterocycles. The smallest absolute Gasteiger partial charge is 0.224 e. The van der Waals surface area contributed by atoms with Crippen LogP contribution in [0, 0.1) is 0 Å². The van der Waals surface area contributed by atoms with Gasteiger partial charge >= 0.3 is 0 Å². The van der Waals surface area contributed by atoms with Crippen LogP contribution >= 0.6 is 0 Å². The predicted octanol–water partition coefficient (Wildman–Crippen LogP) is 1.54. The van der Waals surface area contributed by atoms with Crippen LogP contribution < -0.4 is 5.32 Å². The molecule has 1 fully saturated rings. The van der Waals surface area contributed by atoms with E-state index in [0.717, 1.165) is 13.0 Å². The Bertz CT molecular complexity index is 414. The van der Waals surface area contributed by atoms with Crippen molar-refractivity contribution in [1.82, 2.24) is 10.2 Å². The minimum atomic E-state index is -0.0251. The monoisotopic (exact) mass is 262 g/mol. The zero-order valence-electron chi connectivity index (χ0n) is 11.3. The van der Waals surface area contributed by atoms with Gasteiger partial charge in [0.25, 0.3) is 0 Å². The first-order valence-corrected chi connectivity index (χ1v) is 7.01. The fourth-order valence-electron chi connectivity index (χ4n) is 2.43. The van der Waals surface area contributed by atoms with Crippen molar-refractivity contribution in [3.8, 4) is 5.75 Å². The molecule has 1 aliphatic heterocycles. The van der Waals surface area contributed by atoms with E-state index in [4.69, 9.17) is 0 Å². The topological polar surface area (TPSA) is 52.6 Å². The highest BCUT2D eigenvalue weighted by molar-refractivity contribution is 5.79. The van der Waals surface area contributed by atoms with Gasteiger partial charge in [-0.1, -0.05) is 18.2 Å². The molecule has 0 aliphatic carbocycles. The first kappa shape index (κ1) is 13.9. The zero-order valence-corrected chi connectivity index (χ0v) is 11.3. The lowest BCUT2D eigenvalue weighted by atomic mass is 10.1. The van der Waals surface area contributed by atoms with Gasteiger partial charge in [-0.25, -0.2) is 0 Å². The fraction of sp³-hybridized carbons (Fsp3) is 0.533. The first-order chi connectivity index (χ1) is 9.25. The standard InChI is InChI=1S/C15H22N2O2/c18-14-7-2-1-6-13(14)12-15(19)16-8-5-11-17-9-3-4-10-17/h1-2,6-7,18H,3-5,8-12H2,(H,16,19). The van der Waals surface area contributed by atoms with Crippen molar-refractivity contribution < 1.29 is 9.90 Å². The van der Waals surface area contributed by atoms with Crippen LogP contribution in [0.5, 0.6) is 5.75 Å². The maximum Gasteiger partial charge on any atom is 0.224 e. The van der Waals surface area contributed by atoms with E-state index < -0.39 is 0 Å². The lowest BCUT2D eigenvalue weighted by molar-refractivity contribution is -0.120. The number of carbonyl (C=O) groups excluding carboxylic acids is 1. The summed E-state index contributed by atoms with van der Waals surface area (Å²) in [7, 11) is 0. The molecular formula is C15H22N2O2. The molecule has 0 aromatic heterocycles. The summed E-state index contributed by atoms with van der Waals surface area (Å²) in [6.45, 7) is 4.18. The highest BCUT2D eigenvalue weighted by Gasteiger charge is 2.11. The van der Waals surface area contributed by atoms with Gasteiger partial charge in [-0.15, -0.1) is 0 Å². The summed E-state index contributed by atoms with van der Waals surface area (Å²) in [5.74, 6) is 0.164. The van der Waals surface area contributed by atoms with E-state index in [1.54, 1.807) is 18.2 Å². The number of carbonyl (C=O) groups is 1. The second-order valence-electron chi connectivity index (χ2n) is 5.06. The second kappa shape index (κ2) is 7.14. The molecule has 0 atom stereocenters. The molecule has 2 N–H and O–H groups in total. The Morgan fingerprint density at radius 2 is 2.00 bits per heavy atom. The van der Waals surface area contributed by atoms with Crippen LogP contribution in [-0.4, -0.2) is 42.1 Å². The Labute approximate surface area is 114 Å². The third-order valence-electron chi connectivity index (χ3n) is 3.51. The molecular weight excluding hydrogens is 240 g/mol. The Hall–Kier alpha value is -1.55. The van der Waals surface area contributed by atoms with E-state index in [9.17, 15) is 9.90 Å². The largest absolute Gasteiger partial charge is 0.508 e. The Kier molecular flexibility index (Phi) is 5.21. The number of aromatic hydroxyl groups is 1. The number of hydrogen-bond acceptors (Lipinski definition) is 3. The van der Waals surface area contributed by atoms with E-state index in [2.05, 4.69) is 10.2 Å². The van der Waals surface area contributed by atoms with Crippen molar-refractivity contribution in [2.75, 3.05) is 26.2 Å². The van der Waals surface area contributed by atoms with Gasteiger partial charge in [0, 0.05) is 12.1 Å². The van der Waals surface area contributed by atoms with Crippen molar-refractivity contribution in [1.29, 1.82) is 0 Å². The molecule has 1 aromatic carbocycles. The Morgan fingerprint density at radius 3 is 2.74 bits per heavy atom. The van der Waals surface area contributed by atoms with Crippen LogP contribution in [0.4, 0.5) is 0 Å². The van der Waals surface area contributed by atoms with E-state index in [0.29, 0.717) is 12.1 Å². The molecule has 1 amide bonds. The van der Waals surface area contributed by atoms with Gasteiger partial charge in [-0.2, -0.15) is 0 Å². The SMILES string of the molecule is O=C(Cc1ccccc1O)NCCCN1CCCC1. The van der Waals surface area contributed by atoms with Crippen LogP contribution in [0.1, 0.15) is 24.8 Å².